The zero-order chi connectivity index (χ0) is 20.1. The number of aromatic nitrogens is 2. The third kappa shape index (κ3) is 4.85. The summed E-state index contributed by atoms with van der Waals surface area (Å²) in [5, 5.41) is 11.5. The van der Waals surface area contributed by atoms with Crippen LogP contribution in [0, 0.1) is 0 Å². The predicted octanol–water partition coefficient (Wildman–Crippen LogP) is 2.74. The second-order valence-electron chi connectivity index (χ2n) is 7.59. The topological polar surface area (TPSA) is 76.6 Å². The SMILES string of the molecule is CCCOc1ccc2c(c1)CCN(c1ccc(C(=O)NC3CCOCC3)nn1)C2. The van der Waals surface area contributed by atoms with Crippen molar-refractivity contribution in [2.45, 2.75) is 45.2 Å². The van der Waals surface area contributed by atoms with E-state index in [1.165, 1.54) is 11.1 Å². The van der Waals surface area contributed by atoms with Gasteiger partial charge in [0, 0.05) is 32.3 Å². The molecule has 2 aliphatic heterocycles. The maximum Gasteiger partial charge on any atom is 0.272 e. The van der Waals surface area contributed by atoms with E-state index in [-0.39, 0.29) is 11.9 Å². The van der Waals surface area contributed by atoms with E-state index in [0.29, 0.717) is 18.9 Å². The third-order valence-corrected chi connectivity index (χ3v) is 5.43. The molecule has 0 unspecified atom stereocenters. The van der Waals surface area contributed by atoms with Crippen molar-refractivity contribution in [1.82, 2.24) is 15.5 Å². The molecule has 1 aromatic heterocycles. The van der Waals surface area contributed by atoms with Gasteiger partial charge in [0.2, 0.25) is 0 Å². The number of carbonyl (C=O) groups excluding carboxylic acids is 1. The second-order valence-corrected chi connectivity index (χ2v) is 7.59. The van der Waals surface area contributed by atoms with Crippen molar-refractivity contribution in [3.05, 3.63) is 47.2 Å². The van der Waals surface area contributed by atoms with Gasteiger partial charge in [-0.05, 0) is 61.1 Å². The summed E-state index contributed by atoms with van der Waals surface area (Å²) in [6.07, 6.45) is 3.63. The average Bonchev–Trinajstić information content (AvgIpc) is 2.78. The van der Waals surface area contributed by atoms with Crippen molar-refractivity contribution in [2.75, 3.05) is 31.3 Å². The Morgan fingerprint density at radius 3 is 2.83 bits per heavy atom. The molecule has 1 saturated heterocycles. The number of anilines is 1. The number of fused-ring (bicyclic) bond motifs is 1. The minimum atomic E-state index is -0.167. The molecular weight excluding hydrogens is 368 g/mol. The number of rotatable bonds is 6. The Labute approximate surface area is 171 Å². The van der Waals surface area contributed by atoms with Crippen LogP contribution < -0.4 is 15.0 Å². The maximum atomic E-state index is 12.4. The minimum absolute atomic E-state index is 0.155. The molecule has 7 heteroatoms. The second kappa shape index (κ2) is 9.22. The van der Waals surface area contributed by atoms with Crippen molar-refractivity contribution in [2.24, 2.45) is 0 Å². The van der Waals surface area contributed by atoms with Crippen molar-refractivity contribution in [1.29, 1.82) is 0 Å². The number of nitrogens with zero attached hydrogens (tertiary/aromatic N) is 3. The van der Waals surface area contributed by atoms with Gasteiger partial charge in [0.15, 0.2) is 11.5 Å². The Hall–Kier alpha value is -2.67. The van der Waals surface area contributed by atoms with E-state index >= 15 is 0 Å². The number of hydrogen-bond acceptors (Lipinski definition) is 6. The highest BCUT2D eigenvalue weighted by Crippen LogP contribution is 2.26. The molecule has 3 heterocycles. The normalized spacial score (nSPS) is 16.9. The number of nitrogens with one attached hydrogen (secondary N) is 1. The summed E-state index contributed by atoms with van der Waals surface area (Å²) < 4.78 is 11.1. The number of carbonyl (C=O) groups is 1. The monoisotopic (exact) mass is 396 g/mol. The Morgan fingerprint density at radius 1 is 1.21 bits per heavy atom. The largest absolute Gasteiger partial charge is 0.494 e. The zero-order valence-electron chi connectivity index (χ0n) is 16.9. The lowest BCUT2D eigenvalue weighted by molar-refractivity contribution is 0.0693. The van der Waals surface area contributed by atoms with Gasteiger partial charge in [0.05, 0.1) is 6.61 Å². The molecule has 0 bridgehead atoms. The van der Waals surface area contributed by atoms with E-state index in [1.807, 2.05) is 12.1 Å². The van der Waals surface area contributed by atoms with Gasteiger partial charge >= 0.3 is 0 Å². The standard InChI is InChI=1S/C22H28N4O3/c1-2-11-29-19-4-3-17-15-26(10-7-16(17)14-19)21-6-5-20(24-25-21)22(27)23-18-8-12-28-13-9-18/h3-6,14,18H,2,7-13,15H2,1H3,(H,23,27). The highest BCUT2D eigenvalue weighted by atomic mass is 16.5. The predicted molar refractivity (Wildman–Crippen MR) is 110 cm³/mol. The molecule has 4 rings (SSSR count). The highest BCUT2D eigenvalue weighted by Gasteiger charge is 2.21. The summed E-state index contributed by atoms with van der Waals surface area (Å²) in [4.78, 5) is 14.6. The van der Waals surface area contributed by atoms with Crippen LogP contribution in [-0.4, -0.2) is 48.5 Å². The molecule has 0 radical (unpaired) electrons. The van der Waals surface area contributed by atoms with Crippen LogP contribution in [0.5, 0.6) is 5.75 Å². The molecule has 0 atom stereocenters. The number of benzene rings is 1. The zero-order valence-corrected chi connectivity index (χ0v) is 16.9. The molecule has 154 valence electrons. The van der Waals surface area contributed by atoms with Crippen LogP contribution in [0.15, 0.2) is 30.3 Å². The number of hydrogen-bond donors (Lipinski definition) is 1. The van der Waals surface area contributed by atoms with Crippen molar-refractivity contribution < 1.29 is 14.3 Å². The van der Waals surface area contributed by atoms with Crippen molar-refractivity contribution in [3.63, 3.8) is 0 Å². The van der Waals surface area contributed by atoms with Crippen LogP contribution in [0.1, 0.15) is 47.8 Å². The van der Waals surface area contributed by atoms with Crippen LogP contribution in [0.25, 0.3) is 0 Å². The lowest BCUT2D eigenvalue weighted by Gasteiger charge is -2.29. The van der Waals surface area contributed by atoms with Gasteiger partial charge in [-0.25, -0.2) is 0 Å². The summed E-state index contributed by atoms with van der Waals surface area (Å²) in [5.74, 6) is 1.57. The molecule has 0 saturated carbocycles. The molecule has 0 aliphatic carbocycles. The molecule has 2 aliphatic rings. The molecule has 0 spiro atoms. The third-order valence-electron chi connectivity index (χ3n) is 5.43. The average molecular weight is 396 g/mol. The first-order valence-electron chi connectivity index (χ1n) is 10.4. The Bertz CT molecular complexity index is 834. The summed E-state index contributed by atoms with van der Waals surface area (Å²) in [6.45, 7) is 5.89. The summed E-state index contributed by atoms with van der Waals surface area (Å²) in [6, 6.07) is 10.1. The first kappa shape index (κ1) is 19.6. The minimum Gasteiger partial charge on any atom is -0.494 e. The van der Waals surface area contributed by atoms with Crippen LogP contribution in [0.3, 0.4) is 0 Å². The molecule has 1 fully saturated rings. The van der Waals surface area contributed by atoms with Crippen LogP contribution >= 0.6 is 0 Å². The first-order chi connectivity index (χ1) is 14.2. The molecule has 2 aromatic rings. The van der Waals surface area contributed by atoms with Crippen LogP contribution in [0.2, 0.25) is 0 Å². The van der Waals surface area contributed by atoms with Gasteiger partial charge < -0.3 is 19.7 Å². The lowest BCUT2D eigenvalue weighted by atomic mass is 9.99. The fourth-order valence-electron chi connectivity index (χ4n) is 3.75. The quantitative estimate of drug-likeness (QED) is 0.809. The molecule has 29 heavy (non-hydrogen) atoms. The number of amides is 1. The Kier molecular flexibility index (Phi) is 6.24. The van der Waals surface area contributed by atoms with Crippen molar-refractivity contribution >= 4 is 11.7 Å². The maximum absolute atomic E-state index is 12.4. The smallest absolute Gasteiger partial charge is 0.272 e. The summed E-state index contributed by atoms with van der Waals surface area (Å²) in [7, 11) is 0. The van der Waals surface area contributed by atoms with Crippen molar-refractivity contribution in [3.8, 4) is 5.75 Å². The van der Waals surface area contributed by atoms with Gasteiger partial charge in [-0.3, -0.25) is 4.79 Å². The lowest BCUT2D eigenvalue weighted by Crippen LogP contribution is -2.39. The van der Waals surface area contributed by atoms with Crippen LogP contribution in [-0.2, 0) is 17.7 Å². The molecule has 1 amide bonds. The van der Waals surface area contributed by atoms with Crippen LogP contribution in [0.4, 0.5) is 5.82 Å². The molecule has 7 nitrogen and oxygen atoms in total. The fourth-order valence-corrected chi connectivity index (χ4v) is 3.75. The van der Waals surface area contributed by atoms with Gasteiger partial charge in [0.25, 0.3) is 5.91 Å². The fraction of sp³-hybridized carbons (Fsp3) is 0.500. The Balaban J connectivity index is 1.37. The van der Waals surface area contributed by atoms with E-state index in [2.05, 4.69) is 39.5 Å². The summed E-state index contributed by atoms with van der Waals surface area (Å²) >= 11 is 0. The molecule has 1 aromatic carbocycles. The van der Waals surface area contributed by atoms with Gasteiger partial charge in [-0.1, -0.05) is 13.0 Å². The van der Waals surface area contributed by atoms with E-state index in [4.69, 9.17) is 9.47 Å². The first-order valence-corrected chi connectivity index (χ1v) is 10.4. The van der Waals surface area contributed by atoms with Gasteiger partial charge in [-0.15, -0.1) is 10.2 Å². The van der Waals surface area contributed by atoms with Gasteiger partial charge in [0.1, 0.15) is 5.75 Å². The highest BCUT2D eigenvalue weighted by molar-refractivity contribution is 5.92. The summed E-state index contributed by atoms with van der Waals surface area (Å²) in [5.41, 5.74) is 2.97. The van der Waals surface area contributed by atoms with E-state index in [9.17, 15) is 4.79 Å². The Morgan fingerprint density at radius 2 is 2.07 bits per heavy atom. The van der Waals surface area contributed by atoms with E-state index < -0.39 is 0 Å². The van der Waals surface area contributed by atoms with E-state index in [1.54, 1.807) is 6.07 Å². The molecular formula is C22H28N4O3. The van der Waals surface area contributed by atoms with E-state index in [0.717, 1.165) is 56.9 Å². The number of ether oxygens (including phenoxy) is 2. The van der Waals surface area contributed by atoms with Gasteiger partial charge in [-0.2, -0.15) is 0 Å². The molecule has 1 N–H and O–H groups in total.